The number of aryl methyl sites for hydroxylation is 1. The molecule has 142 valence electrons. The van der Waals surface area contributed by atoms with Crippen LogP contribution in [0.15, 0.2) is 36.4 Å². The van der Waals surface area contributed by atoms with Crippen LogP contribution < -0.4 is 0 Å². The molecule has 1 N–H and O–H groups in total. The minimum Gasteiger partial charge on any atom is -0.506 e. The number of rotatable bonds is 1. The highest BCUT2D eigenvalue weighted by Gasteiger charge is 2.56. The number of fused-ring (bicyclic) bond motifs is 4. The molecule has 1 aliphatic carbocycles. The molecule has 4 heteroatoms. The maximum atomic E-state index is 13.4. The Morgan fingerprint density at radius 2 is 1.93 bits per heavy atom. The van der Waals surface area contributed by atoms with Crippen LogP contribution in [0.2, 0.25) is 5.02 Å². The molecule has 0 unspecified atom stereocenters. The number of piperidine rings is 1. The third-order valence-electron chi connectivity index (χ3n) is 7.27. The van der Waals surface area contributed by atoms with Gasteiger partial charge in [-0.05, 0) is 54.0 Å². The number of halogens is 1. The molecular weight excluding hydrogens is 358 g/mol. The number of phenolic OH excluding ortho intramolecular Hbond substituents is 1. The van der Waals surface area contributed by atoms with Crippen molar-refractivity contribution in [1.29, 1.82) is 0 Å². The van der Waals surface area contributed by atoms with E-state index in [2.05, 4.69) is 45.0 Å². The van der Waals surface area contributed by atoms with E-state index in [-0.39, 0.29) is 33.6 Å². The van der Waals surface area contributed by atoms with Crippen LogP contribution in [0.4, 0.5) is 0 Å². The molecule has 2 bridgehead atoms. The van der Waals surface area contributed by atoms with Gasteiger partial charge in [0.05, 0.1) is 5.02 Å². The SMILES string of the molecule is Cc1cc(C(=O)N2CC[C@@]3(C)c4ccccc4C[C@@H]2C3(C)C)cc(Cl)c1O. The Bertz CT molecular complexity index is 913. The maximum absolute atomic E-state index is 13.4. The van der Waals surface area contributed by atoms with Crippen molar-refractivity contribution in [3.05, 3.63) is 63.7 Å². The van der Waals surface area contributed by atoms with Gasteiger partial charge in [0.1, 0.15) is 5.75 Å². The molecule has 2 aromatic rings. The number of hydrogen-bond donors (Lipinski definition) is 1. The Hall–Kier alpha value is -2.00. The summed E-state index contributed by atoms with van der Waals surface area (Å²) in [5.41, 5.74) is 3.97. The molecule has 0 saturated carbocycles. The zero-order valence-corrected chi connectivity index (χ0v) is 17.1. The van der Waals surface area contributed by atoms with Crippen molar-refractivity contribution >= 4 is 17.5 Å². The van der Waals surface area contributed by atoms with Gasteiger partial charge in [-0.1, -0.05) is 56.6 Å². The number of benzene rings is 2. The fraction of sp³-hybridized carbons (Fsp3) is 0.435. The number of phenols is 1. The van der Waals surface area contributed by atoms with Crippen LogP contribution in [-0.2, 0) is 11.8 Å². The number of amides is 1. The summed E-state index contributed by atoms with van der Waals surface area (Å²) < 4.78 is 0. The molecule has 2 atom stereocenters. The Kier molecular flexibility index (Phi) is 4.08. The summed E-state index contributed by atoms with van der Waals surface area (Å²) in [6.45, 7) is 9.44. The van der Waals surface area contributed by atoms with Crippen LogP contribution in [0, 0.1) is 12.3 Å². The molecule has 2 aromatic carbocycles. The summed E-state index contributed by atoms with van der Waals surface area (Å²) >= 11 is 6.13. The van der Waals surface area contributed by atoms with E-state index in [1.54, 1.807) is 19.1 Å². The summed E-state index contributed by atoms with van der Waals surface area (Å²) in [5.74, 6) is 0.0471. The fourth-order valence-corrected chi connectivity index (χ4v) is 5.41. The molecule has 1 saturated heterocycles. The van der Waals surface area contributed by atoms with E-state index in [4.69, 9.17) is 11.6 Å². The maximum Gasteiger partial charge on any atom is 0.254 e. The first kappa shape index (κ1) is 18.4. The van der Waals surface area contributed by atoms with Crippen molar-refractivity contribution in [2.24, 2.45) is 5.41 Å². The molecule has 1 heterocycles. The third-order valence-corrected chi connectivity index (χ3v) is 7.56. The number of carbonyl (C=O) groups is 1. The molecular formula is C23H26ClNO2. The Morgan fingerprint density at radius 1 is 1.22 bits per heavy atom. The summed E-state index contributed by atoms with van der Waals surface area (Å²) in [5, 5.41) is 10.2. The Labute approximate surface area is 166 Å². The van der Waals surface area contributed by atoms with Gasteiger partial charge in [-0.3, -0.25) is 4.79 Å². The minimum atomic E-state index is -0.0367. The van der Waals surface area contributed by atoms with Gasteiger partial charge in [-0.15, -0.1) is 0 Å². The Balaban J connectivity index is 1.77. The van der Waals surface area contributed by atoms with Gasteiger partial charge in [0, 0.05) is 23.6 Å². The average molecular weight is 384 g/mol. The number of carbonyl (C=O) groups excluding carboxylic acids is 1. The molecule has 0 spiro atoms. The predicted molar refractivity (Wildman–Crippen MR) is 109 cm³/mol. The second-order valence-electron chi connectivity index (χ2n) is 8.80. The van der Waals surface area contributed by atoms with E-state index in [0.29, 0.717) is 11.1 Å². The number of nitrogens with zero attached hydrogens (tertiary/aromatic N) is 1. The van der Waals surface area contributed by atoms with Gasteiger partial charge in [0.15, 0.2) is 0 Å². The second kappa shape index (κ2) is 6.00. The van der Waals surface area contributed by atoms with Crippen LogP contribution in [0.5, 0.6) is 5.75 Å². The lowest BCUT2D eigenvalue weighted by molar-refractivity contribution is -0.0262. The normalized spacial score (nSPS) is 25.8. The molecule has 0 radical (unpaired) electrons. The zero-order valence-electron chi connectivity index (χ0n) is 16.3. The van der Waals surface area contributed by atoms with Gasteiger partial charge < -0.3 is 10.0 Å². The fourth-order valence-electron chi connectivity index (χ4n) is 5.14. The van der Waals surface area contributed by atoms with Crippen molar-refractivity contribution in [3.8, 4) is 5.75 Å². The highest BCUT2D eigenvalue weighted by Crippen LogP contribution is 2.56. The summed E-state index contributed by atoms with van der Waals surface area (Å²) in [4.78, 5) is 15.4. The highest BCUT2D eigenvalue weighted by molar-refractivity contribution is 6.32. The van der Waals surface area contributed by atoms with Crippen molar-refractivity contribution in [2.75, 3.05) is 6.54 Å². The second-order valence-corrected chi connectivity index (χ2v) is 9.21. The molecule has 27 heavy (non-hydrogen) atoms. The van der Waals surface area contributed by atoms with Crippen LogP contribution in [0.1, 0.15) is 54.2 Å². The van der Waals surface area contributed by atoms with Gasteiger partial charge in [-0.2, -0.15) is 0 Å². The smallest absolute Gasteiger partial charge is 0.254 e. The van der Waals surface area contributed by atoms with Gasteiger partial charge in [0.2, 0.25) is 0 Å². The monoisotopic (exact) mass is 383 g/mol. The van der Waals surface area contributed by atoms with Crippen molar-refractivity contribution < 1.29 is 9.90 Å². The first-order valence-corrected chi connectivity index (χ1v) is 9.93. The van der Waals surface area contributed by atoms with E-state index in [1.165, 1.54) is 11.1 Å². The van der Waals surface area contributed by atoms with E-state index in [1.807, 2.05) is 4.90 Å². The van der Waals surface area contributed by atoms with Gasteiger partial charge in [-0.25, -0.2) is 0 Å². The minimum absolute atomic E-state index is 0.000457. The van der Waals surface area contributed by atoms with Gasteiger partial charge >= 0.3 is 0 Å². The quantitative estimate of drug-likeness (QED) is 0.743. The number of aromatic hydroxyl groups is 1. The first-order chi connectivity index (χ1) is 12.7. The predicted octanol–water partition coefficient (Wildman–Crippen LogP) is 5.11. The van der Waals surface area contributed by atoms with Gasteiger partial charge in [0.25, 0.3) is 5.91 Å². The van der Waals surface area contributed by atoms with E-state index in [9.17, 15) is 9.90 Å². The molecule has 0 aromatic heterocycles. The molecule has 1 aliphatic heterocycles. The van der Waals surface area contributed by atoms with Crippen molar-refractivity contribution in [1.82, 2.24) is 4.90 Å². The lowest BCUT2D eigenvalue weighted by Gasteiger charge is -2.60. The van der Waals surface area contributed by atoms with E-state index >= 15 is 0 Å². The molecule has 1 amide bonds. The van der Waals surface area contributed by atoms with E-state index in [0.717, 1.165) is 19.4 Å². The summed E-state index contributed by atoms with van der Waals surface area (Å²) in [6.07, 6.45) is 1.80. The van der Waals surface area contributed by atoms with Crippen LogP contribution in [0.25, 0.3) is 0 Å². The lowest BCUT2D eigenvalue weighted by Crippen LogP contribution is -2.64. The zero-order chi connectivity index (χ0) is 19.6. The van der Waals surface area contributed by atoms with Crippen LogP contribution >= 0.6 is 11.6 Å². The topological polar surface area (TPSA) is 40.5 Å². The van der Waals surface area contributed by atoms with Crippen LogP contribution in [-0.4, -0.2) is 28.5 Å². The standard InChI is InChI=1S/C23H26ClNO2/c1-14-11-16(12-18(24)20(14)26)21(27)25-10-9-23(4)17-8-6-5-7-15(17)13-19(25)22(23,2)3/h5-8,11-12,19,26H,9-10,13H2,1-4H3/t19-,23+/m1/s1. The van der Waals surface area contributed by atoms with E-state index < -0.39 is 0 Å². The number of likely N-dealkylation sites (tertiary alicyclic amines) is 1. The molecule has 2 aliphatic rings. The summed E-state index contributed by atoms with van der Waals surface area (Å²) in [6, 6.07) is 12.1. The third kappa shape index (κ3) is 2.51. The largest absolute Gasteiger partial charge is 0.506 e. The van der Waals surface area contributed by atoms with Crippen molar-refractivity contribution in [2.45, 2.75) is 52.0 Å². The molecule has 4 rings (SSSR count). The summed E-state index contributed by atoms with van der Waals surface area (Å²) in [7, 11) is 0. The highest BCUT2D eigenvalue weighted by atomic mass is 35.5. The average Bonchev–Trinajstić information content (AvgIpc) is 2.62. The van der Waals surface area contributed by atoms with Crippen LogP contribution in [0.3, 0.4) is 0 Å². The first-order valence-electron chi connectivity index (χ1n) is 9.55. The molecule has 1 fully saturated rings. The number of hydrogen-bond acceptors (Lipinski definition) is 2. The molecule has 3 nitrogen and oxygen atoms in total. The van der Waals surface area contributed by atoms with Crippen molar-refractivity contribution in [3.63, 3.8) is 0 Å². The Morgan fingerprint density at radius 3 is 2.63 bits per heavy atom. The lowest BCUT2D eigenvalue weighted by atomic mass is 9.51.